The van der Waals surface area contributed by atoms with Gasteiger partial charge in [-0.05, 0) is 43.4 Å². The summed E-state index contributed by atoms with van der Waals surface area (Å²) < 4.78 is 5.91. The van der Waals surface area contributed by atoms with E-state index in [1.807, 2.05) is 12.1 Å². The molecule has 0 aliphatic heterocycles. The third-order valence-electron chi connectivity index (χ3n) is 4.08. The minimum Gasteiger partial charge on any atom is -0.399 e. The number of amides is 1. The summed E-state index contributed by atoms with van der Waals surface area (Å²) in [6.45, 7) is 2.93. The zero-order chi connectivity index (χ0) is 15.1. The van der Waals surface area contributed by atoms with E-state index in [0.29, 0.717) is 30.7 Å². The molecule has 1 aromatic carbocycles. The van der Waals surface area contributed by atoms with Crippen molar-refractivity contribution in [1.82, 2.24) is 0 Å². The molecule has 0 aromatic heterocycles. The van der Waals surface area contributed by atoms with Crippen molar-refractivity contribution < 1.29 is 9.53 Å². The molecule has 1 saturated carbocycles. The summed E-state index contributed by atoms with van der Waals surface area (Å²) in [5.74, 6) is 0.667. The second-order valence-corrected chi connectivity index (χ2v) is 5.95. The molecular formula is C17H26N2O2. The Kier molecular flexibility index (Phi) is 6.05. The summed E-state index contributed by atoms with van der Waals surface area (Å²) in [4.78, 5) is 11.8. The molecule has 0 bridgehead atoms. The number of carbonyl (C=O) groups excluding carboxylic acids is 1. The van der Waals surface area contributed by atoms with Gasteiger partial charge in [-0.3, -0.25) is 4.79 Å². The highest BCUT2D eigenvalue weighted by atomic mass is 16.5. The molecule has 2 unspecified atom stereocenters. The number of carbonyl (C=O) groups is 1. The first-order chi connectivity index (χ1) is 10.1. The summed E-state index contributed by atoms with van der Waals surface area (Å²) >= 11 is 0. The van der Waals surface area contributed by atoms with E-state index in [1.165, 1.54) is 19.3 Å². The Morgan fingerprint density at radius 1 is 1.38 bits per heavy atom. The van der Waals surface area contributed by atoms with Crippen LogP contribution in [-0.2, 0) is 9.53 Å². The van der Waals surface area contributed by atoms with E-state index in [4.69, 9.17) is 10.5 Å². The minimum atomic E-state index is 0.0147. The van der Waals surface area contributed by atoms with Crippen LogP contribution >= 0.6 is 0 Å². The smallest absolute Gasteiger partial charge is 0.224 e. The third kappa shape index (κ3) is 5.38. The van der Waals surface area contributed by atoms with Crippen LogP contribution in [0.25, 0.3) is 0 Å². The van der Waals surface area contributed by atoms with Crippen molar-refractivity contribution in [3.63, 3.8) is 0 Å². The zero-order valence-corrected chi connectivity index (χ0v) is 12.8. The van der Waals surface area contributed by atoms with Crippen molar-refractivity contribution in [1.29, 1.82) is 0 Å². The minimum absolute atomic E-state index is 0.0147. The number of rotatable bonds is 6. The normalized spacial score (nSPS) is 22.0. The van der Waals surface area contributed by atoms with E-state index in [1.54, 1.807) is 12.1 Å². The van der Waals surface area contributed by atoms with E-state index in [9.17, 15) is 4.79 Å². The molecule has 1 amide bonds. The molecule has 4 heteroatoms. The van der Waals surface area contributed by atoms with Gasteiger partial charge in [0.15, 0.2) is 0 Å². The van der Waals surface area contributed by atoms with Crippen LogP contribution < -0.4 is 11.1 Å². The largest absolute Gasteiger partial charge is 0.399 e. The van der Waals surface area contributed by atoms with Crippen LogP contribution in [0.2, 0.25) is 0 Å². The summed E-state index contributed by atoms with van der Waals surface area (Å²) in [5.41, 5.74) is 7.09. The first kappa shape index (κ1) is 15.8. The average Bonchev–Trinajstić information content (AvgIpc) is 2.45. The highest BCUT2D eigenvalue weighted by molar-refractivity contribution is 5.91. The number of nitrogens with two attached hydrogens (primary N) is 1. The Morgan fingerprint density at radius 3 is 2.95 bits per heavy atom. The standard InChI is InChI=1S/C17H26N2O2/c1-13-6-2-3-9-16(13)21-11-5-10-17(20)19-15-8-4-7-14(18)12-15/h4,7-8,12-13,16H,2-3,5-6,9-11,18H2,1H3,(H,19,20). The molecule has 1 aliphatic carbocycles. The molecule has 2 atom stereocenters. The molecule has 4 nitrogen and oxygen atoms in total. The Morgan fingerprint density at radius 2 is 2.19 bits per heavy atom. The van der Waals surface area contributed by atoms with Crippen molar-refractivity contribution in [2.45, 2.75) is 51.6 Å². The maximum absolute atomic E-state index is 11.8. The lowest BCUT2D eigenvalue weighted by molar-refractivity contribution is -0.116. The van der Waals surface area contributed by atoms with Gasteiger partial charge in [-0.2, -0.15) is 0 Å². The summed E-state index contributed by atoms with van der Waals surface area (Å²) in [6, 6.07) is 7.24. The summed E-state index contributed by atoms with van der Waals surface area (Å²) in [5, 5.41) is 2.86. The van der Waals surface area contributed by atoms with Gasteiger partial charge in [-0.25, -0.2) is 0 Å². The molecule has 0 heterocycles. The van der Waals surface area contributed by atoms with Gasteiger partial charge >= 0.3 is 0 Å². The zero-order valence-electron chi connectivity index (χ0n) is 12.8. The van der Waals surface area contributed by atoms with Crippen molar-refractivity contribution in [2.75, 3.05) is 17.7 Å². The number of hydrogen-bond acceptors (Lipinski definition) is 3. The Bertz CT molecular complexity index is 462. The maximum atomic E-state index is 11.8. The molecule has 21 heavy (non-hydrogen) atoms. The predicted molar refractivity (Wildman–Crippen MR) is 86.1 cm³/mol. The maximum Gasteiger partial charge on any atom is 0.224 e. The van der Waals surface area contributed by atoms with Crippen molar-refractivity contribution >= 4 is 17.3 Å². The van der Waals surface area contributed by atoms with Gasteiger partial charge in [-0.15, -0.1) is 0 Å². The SMILES string of the molecule is CC1CCCCC1OCCCC(=O)Nc1cccc(N)c1. The van der Waals surface area contributed by atoms with Crippen molar-refractivity contribution in [2.24, 2.45) is 5.92 Å². The average molecular weight is 290 g/mol. The number of nitrogens with one attached hydrogen (secondary N) is 1. The molecule has 0 saturated heterocycles. The first-order valence-electron chi connectivity index (χ1n) is 7.92. The second-order valence-electron chi connectivity index (χ2n) is 5.95. The quantitative estimate of drug-likeness (QED) is 0.621. The Hall–Kier alpha value is -1.55. The fraction of sp³-hybridized carbons (Fsp3) is 0.588. The van der Waals surface area contributed by atoms with Crippen LogP contribution in [0.5, 0.6) is 0 Å². The Labute approximate surface area is 127 Å². The molecule has 116 valence electrons. The van der Waals surface area contributed by atoms with Gasteiger partial charge < -0.3 is 15.8 Å². The second kappa shape index (κ2) is 8.03. The van der Waals surface area contributed by atoms with Crippen molar-refractivity contribution in [3.05, 3.63) is 24.3 Å². The number of benzene rings is 1. The number of ether oxygens (including phenoxy) is 1. The van der Waals surface area contributed by atoms with Gasteiger partial charge in [0.25, 0.3) is 0 Å². The fourth-order valence-corrected chi connectivity index (χ4v) is 2.84. The van der Waals surface area contributed by atoms with E-state index in [0.717, 1.165) is 18.5 Å². The molecule has 2 rings (SSSR count). The summed E-state index contributed by atoms with van der Waals surface area (Å²) in [7, 11) is 0. The highest BCUT2D eigenvalue weighted by Gasteiger charge is 2.21. The molecule has 1 aromatic rings. The van der Waals surface area contributed by atoms with Gasteiger partial charge in [0.1, 0.15) is 0 Å². The molecule has 1 fully saturated rings. The van der Waals surface area contributed by atoms with Crippen LogP contribution in [0.15, 0.2) is 24.3 Å². The molecule has 0 spiro atoms. The van der Waals surface area contributed by atoms with Crippen LogP contribution in [-0.4, -0.2) is 18.6 Å². The van der Waals surface area contributed by atoms with Crippen LogP contribution in [0.1, 0.15) is 45.4 Å². The van der Waals surface area contributed by atoms with E-state index in [2.05, 4.69) is 12.2 Å². The van der Waals surface area contributed by atoms with Gasteiger partial charge in [0, 0.05) is 24.4 Å². The molecular weight excluding hydrogens is 264 g/mol. The fourth-order valence-electron chi connectivity index (χ4n) is 2.84. The van der Waals surface area contributed by atoms with Gasteiger partial charge in [-0.1, -0.05) is 25.8 Å². The molecule has 1 aliphatic rings. The lowest BCUT2D eigenvalue weighted by atomic mass is 9.88. The van der Waals surface area contributed by atoms with Gasteiger partial charge in [0.05, 0.1) is 6.10 Å². The van der Waals surface area contributed by atoms with Gasteiger partial charge in [0.2, 0.25) is 5.91 Å². The van der Waals surface area contributed by atoms with Crippen LogP contribution in [0.4, 0.5) is 11.4 Å². The topological polar surface area (TPSA) is 64.3 Å². The first-order valence-corrected chi connectivity index (χ1v) is 7.92. The highest BCUT2D eigenvalue weighted by Crippen LogP contribution is 2.26. The Balaban J connectivity index is 1.63. The lowest BCUT2D eigenvalue weighted by Crippen LogP contribution is -2.26. The lowest BCUT2D eigenvalue weighted by Gasteiger charge is -2.28. The van der Waals surface area contributed by atoms with E-state index in [-0.39, 0.29) is 5.91 Å². The van der Waals surface area contributed by atoms with Crippen molar-refractivity contribution in [3.8, 4) is 0 Å². The van der Waals surface area contributed by atoms with E-state index < -0.39 is 0 Å². The van der Waals surface area contributed by atoms with E-state index >= 15 is 0 Å². The van der Waals surface area contributed by atoms with Crippen LogP contribution in [0.3, 0.4) is 0 Å². The number of nitrogen functional groups attached to an aromatic ring is 1. The number of anilines is 2. The molecule has 0 radical (unpaired) electrons. The summed E-state index contributed by atoms with van der Waals surface area (Å²) in [6.07, 6.45) is 6.65. The third-order valence-corrected chi connectivity index (χ3v) is 4.08. The molecule has 3 N–H and O–H groups in total. The predicted octanol–water partition coefficient (Wildman–Crippen LogP) is 3.58. The number of hydrogen-bond donors (Lipinski definition) is 2. The monoisotopic (exact) mass is 290 g/mol. The van der Waals surface area contributed by atoms with Crippen LogP contribution in [0, 0.1) is 5.92 Å².